The molecule has 1 fully saturated rings. The molecule has 19 heavy (non-hydrogen) atoms. The minimum atomic E-state index is -4.15. The maximum absolute atomic E-state index is 12.2. The number of alkyl halides is 3. The molecule has 5 heteroatoms. The molecule has 3 N–H and O–H groups in total. The van der Waals surface area contributed by atoms with Gasteiger partial charge in [0.25, 0.3) is 0 Å². The highest BCUT2D eigenvalue weighted by molar-refractivity contribution is 4.99. The zero-order valence-corrected chi connectivity index (χ0v) is 11.9. The average molecular weight is 281 g/mol. The molecule has 0 aromatic heterocycles. The second kappa shape index (κ2) is 6.00. The van der Waals surface area contributed by atoms with Crippen LogP contribution in [0, 0.1) is 11.3 Å². The van der Waals surface area contributed by atoms with E-state index >= 15 is 0 Å². The molecule has 2 nitrogen and oxygen atoms in total. The highest BCUT2D eigenvalue weighted by Gasteiger charge is 2.47. The van der Waals surface area contributed by atoms with Crippen molar-refractivity contribution >= 4 is 0 Å². The predicted octanol–water partition coefficient (Wildman–Crippen LogP) is 3.63. The van der Waals surface area contributed by atoms with Crippen molar-refractivity contribution in [2.24, 2.45) is 17.1 Å². The summed E-state index contributed by atoms with van der Waals surface area (Å²) in [5, 5.41) is 10.6. The van der Waals surface area contributed by atoms with Crippen molar-refractivity contribution in [2.45, 2.75) is 70.6 Å². The van der Waals surface area contributed by atoms with Crippen LogP contribution in [-0.4, -0.2) is 23.4 Å². The Morgan fingerprint density at radius 3 is 2.16 bits per heavy atom. The summed E-state index contributed by atoms with van der Waals surface area (Å²) < 4.78 is 36.6. The molecule has 1 saturated carbocycles. The minimum absolute atomic E-state index is 0.0339. The number of rotatable bonds is 5. The Kier molecular flexibility index (Phi) is 5.29. The van der Waals surface area contributed by atoms with Gasteiger partial charge in [-0.05, 0) is 38.5 Å². The summed E-state index contributed by atoms with van der Waals surface area (Å²) in [6.45, 7) is 4.17. The molecule has 0 bridgehead atoms. The fourth-order valence-electron chi connectivity index (χ4n) is 3.18. The van der Waals surface area contributed by atoms with Gasteiger partial charge in [-0.1, -0.05) is 19.8 Å². The molecule has 1 atom stereocenters. The number of hydrogen-bond acceptors (Lipinski definition) is 2. The lowest BCUT2D eigenvalue weighted by Gasteiger charge is -2.49. The van der Waals surface area contributed by atoms with Crippen molar-refractivity contribution in [3.63, 3.8) is 0 Å². The fourth-order valence-corrected chi connectivity index (χ4v) is 3.18. The van der Waals surface area contributed by atoms with Crippen LogP contribution in [0.5, 0.6) is 0 Å². The first-order valence-electron chi connectivity index (χ1n) is 7.11. The molecule has 1 unspecified atom stereocenters. The molecule has 0 radical (unpaired) electrons. The van der Waals surface area contributed by atoms with Gasteiger partial charge in [-0.2, -0.15) is 13.2 Å². The lowest BCUT2D eigenvalue weighted by atomic mass is 9.61. The van der Waals surface area contributed by atoms with Gasteiger partial charge < -0.3 is 10.8 Å². The van der Waals surface area contributed by atoms with Gasteiger partial charge in [0, 0.05) is 18.4 Å². The second-order valence-corrected chi connectivity index (χ2v) is 6.41. The molecule has 0 aliphatic heterocycles. The third-order valence-electron chi connectivity index (χ3n) is 4.89. The lowest BCUT2D eigenvalue weighted by molar-refractivity contribution is -0.143. The first kappa shape index (κ1) is 16.8. The number of halogens is 3. The molecule has 114 valence electrons. The van der Waals surface area contributed by atoms with Crippen LogP contribution in [-0.2, 0) is 0 Å². The van der Waals surface area contributed by atoms with E-state index in [0.717, 1.165) is 25.7 Å². The van der Waals surface area contributed by atoms with Gasteiger partial charge in [-0.25, -0.2) is 0 Å². The Bertz CT molecular complexity index is 281. The summed E-state index contributed by atoms with van der Waals surface area (Å²) in [7, 11) is 0. The van der Waals surface area contributed by atoms with Gasteiger partial charge in [0.2, 0.25) is 0 Å². The first-order chi connectivity index (χ1) is 8.62. The van der Waals surface area contributed by atoms with E-state index in [9.17, 15) is 18.3 Å². The van der Waals surface area contributed by atoms with Crippen molar-refractivity contribution < 1.29 is 18.3 Å². The van der Waals surface area contributed by atoms with E-state index in [2.05, 4.69) is 6.92 Å². The second-order valence-electron chi connectivity index (χ2n) is 6.41. The Morgan fingerprint density at radius 2 is 1.74 bits per heavy atom. The molecule has 0 saturated heterocycles. The SMILES string of the molecule is CC1CCC(CN)(C(C)(O)CCCC(F)(F)F)CC1. The zero-order valence-electron chi connectivity index (χ0n) is 11.9. The molecule has 0 aromatic carbocycles. The Hall–Kier alpha value is -0.290. The van der Waals surface area contributed by atoms with E-state index in [1.54, 1.807) is 6.92 Å². The standard InChI is InChI=1S/C14H26F3NO/c1-11-4-8-13(10-18,9-5-11)12(2,19)6-3-7-14(15,16)17/h11,19H,3-10,18H2,1-2H3. The quantitative estimate of drug-likeness (QED) is 0.808. The molecular weight excluding hydrogens is 255 g/mol. The topological polar surface area (TPSA) is 46.2 Å². The van der Waals surface area contributed by atoms with Crippen LogP contribution < -0.4 is 5.73 Å². The highest BCUT2D eigenvalue weighted by Crippen LogP contribution is 2.47. The van der Waals surface area contributed by atoms with Gasteiger partial charge >= 0.3 is 6.18 Å². The largest absolute Gasteiger partial charge is 0.390 e. The molecule has 0 heterocycles. The highest BCUT2D eigenvalue weighted by atomic mass is 19.4. The average Bonchev–Trinajstić information content (AvgIpc) is 2.28. The Balaban J connectivity index is 2.62. The third-order valence-corrected chi connectivity index (χ3v) is 4.89. The fraction of sp³-hybridized carbons (Fsp3) is 1.00. The third kappa shape index (κ3) is 4.35. The maximum Gasteiger partial charge on any atom is 0.389 e. The van der Waals surface area contributed by atoms with Gasteiger partial charge in [-0.3, -0.25) is 0 Å². The van der Waals surface area contributed by atoms with Gasteiger partial charge in [0.15, 0.2) is 0 Å². The molecule has 0 aromatic rings. The number of aliphatic hydroxyl groups is 1. The van der Waals surface area contributed by atoms with Crippen LogP contribution in [0.15, 0.2) is 0 Å². The van der Waals surface area contributed by atoms with Crippen LogP contribution in [0.1, 0.15) is 58.8 Å². The van der Waals surface area contributed by atoms with Crippen molar-refractivity contribution in [3.05, 3.63) is 0 Å². The van der Waals surface area contributed by atoms with E-state index < -0.39 is 23.6 Å². The summed E-state index contributed by atoms with van der Waals surface area (Å²) in [5.74, 6) is 0.616. The van der Waals surface area contributed by atoms with Crippen molar-refractivity contribution in [2.75, 3.05) is 6.54 Å². The van der Waals surface area contributed by atoms with Gasteiger partial charge in [0.1, 0.15) is 0 Å². The van der Waals surface area contributed by atoms with Gasteiger partial charge in [0.05, 0.1) is 5.60 Å². The summed E-state index contributed by atoms with van der Waals surface area (Å²) in [4.78, 5) is 0. The van der Waals surface area contributed by atoms with Crippen molar-refractivity contribution in [1.82, 2.24) is 0 Å². The smallest absolute Gasteiger partial charge is 0.389 e. The van der Waals surface area contributed by atoms with Crippen molar-refractivity contribution in [3.8, 4) is 0 Å². The Labute approximate surface area is 113 Å². The first-order valence-corrected chi connectivity index (χ1v) is 7.11. The molecule has 0 amide bonds. The summed E-state index contributed by atoms with van der Waals surface area (Å²) in [6, 6.07) is 0. The van der Waals surface area contributed by atoms with E-state index in [4.69, 9.17) is 5.73 Å². The molecule has 1 aliphatic carbocycles. The molecule has 1 rings (SSSR count). The van der Waals surface area contributed by atoms with Crippen LogP contribution in [0.2, 0.25) is 0 Å². The van der Waals surface area contributed by atoms with Gasteiger partial charge in [-0.15, -0.1) is 0 Å². The van der Waals surface area contributed by atoms with Crippen LogP contribution in [0.4, 0.5) is 13.2 Å². The van der Waals surface area contributed by atoms with E-state index in [-0.39, 0.29) is 12.8 Å². The molecular formula is C14H26F3NO. The Morgan fingerprint density at radius 1 is 1.21 bits per heavy atom. The predicted molar refractivity (Wildman–Crippen MR) is 69.6 cm³/mol. The summed E-state index contributed by atoms with van der Waals surface area (Å²) >= 11 is 0. The maximum atomic E-state index is 12.2. The van der Waals surface area contributed by atoms with E-state index in [1.165, 1.54) is 0 Å². The van der Waals surface area contributed by atoms with Crippen LogP contribution >= 0.6 is 0 Å². The molecule has 0 spiro atoms. The number of nitrogens with two attached hydrogens (primary N) is 1. The normalized spacial score (nSPS) is 32.1. The summed E-state index contributed by atoms with van der Waals surface area (Å²) in [5.41, 5.74) is 4.33. The van der Waals surface area contributed by atoms with Crippen LogP contribution in [0.3, 0.4) is 0 Å². The monoisotopic (exact) mass is 281 g/mol. The van der Waals surface area contributed by atoms with Crippen LogP contribution in [0.25, 0.3) is 0 Å². The van der Waals surface area contributed by atoms with E-state index in [1.807, 2.05) is 0 Å². The summed E-state index contributed by atoms with van der Waals surface area (Å²) in [6.07, 6.45) is -1.24. The zero-order chi connectivity index (χ0) is 14.7. The minimum Gasteiger partial charge on any atom is -0.390 e. The van der Waals surface area contributed by atoms with Crippen molar-refractivity contribution in [1.29, 1.82) is 0 Å². The molecule has 1 aliphatic rings. The van der Waals surface area contributed by atoms with E-state index in [0.29, 0.717) is 12.5 Å². The number of hydrogen-bond donors (Lipinski definition) is 2. The lowest BCUT2D eigenvalue weighted by Crippen LogP contribution is -2.52.